The standard InChI is InChI=1S/C18H26N2O3/c1-18(2,3)23-17(21)19-14-12-20(15-9-10-22-16(14)15)11-13-7-5-4-6-8-13/h4-8,14-16H,9-12H2,1-3H3,(H,19,21)/t14-,15?,16?/m0/s1. The molecule has 2 fully saturated rings. The summed E-state index contributed by atoms with van der Waals surface area (Å²) < 4.78 is 11.3. The average Bonchev–Trinajstić information content (AvgIpc) is 3.03. The normalized spacial score (nSPS) is 27.7. The number of benzene rings is 1. The number of ether oxygens (including phenoxy) is 2. The molecule has 0 spiro atoms. The van der Waals surface area contributed by atoms with Crippen LogP contribution in [0.15, 0.2) is 30.3 Å². The van der Waals surface area contributed by atoms with Gasteiger partial charge in [-0.05, 0) is 32.8 Å². The van der Waals surface area contributed by atoms with E-state index < -0.39 is 5.60 Å². The van der Waals surface area contributed by atoms with Crippen LogP contribution in [0.25, 0.3) is 0 Å². The van der Waals surface area contributed by atoms with Gasteiger partial charge in [0.15, 0.2) is 0 Å². The van der Waals surface area contributed by atoms with E-state index in [-0.39, 0.29) is 18.2 Å². The maximum Gasteiger partial charge on any atom is 0.408 e. The Morgan fingerprint density at radius 1 is 1.35 bits per heavy atom. The number of carbonyl (C=O) groups excluding carboxylic acids is 1. The molecular formula is C18H26N2O3. The van der Waals surface area contributed by atoms with Gasteiger partial charge in [0.1, 0.15) is 5.60 Å². The van der Waals surface area contributed by atoms with Crippen molar-refractivity contribution in [3.8, 4) is 0 Å². The van der Waals surface area contributed by atoms with Crippen LogP contribution in [0.1, 0.15) is 32.8 Å². The zero-order chi connectivity index (χ0) is 16.4. The summed E-state index contributed by atoms with van der Waals surface area (Å²) in [7, 11) is 0. The average molecular weight is 318 g/mol. The van der Waals surface area contributed by atoms with Crippen LogP contribution in [0.2, 0.25) is 0 Å². The number of hydrogen-bond donors (Lipinski definition) is 1. The number of fused-ring (bicyclic) bond motifs is 1. The van der Waals surface area contributed by atoms with E-state index in [1.165, 1.54) is 5.56 Å². The molecule has 2 aliphatic heterocycles. The molecule has 3 rings (SSSR count). The fraction of sp³-hybridized carbons (Fsp3) is 0.611. The van der Waals surface area contributed by atoms with Crippen LogP contribution in [-0.4, -0.2) is 47.9 Å². The largest absolute Gasteiger partial charge is 0.444 e. The second-order valence-corrected chi connectivity index (χ2v) is 7.36. The van der Waals surface area contributed by atoms with Crippen molar-refractivity contribution in [2.75, 3.05) is 13.2 Å². The minimum atomic E-state index is -0.484. The third-order valence-electron chi connectivity index (χ3n) is 4.33. The zero-order valence-electron chi connectivity index (χ0n) is 14.1. The zero-order valence-corrected chi connectivity index (χ0v) is 14.1. The molecule has 1 amide bonds. The van der Waals surface area contributed by atoms with Crippen molar-refractivity contribution in [2.24, 2.45) is 0 Å². The first-order valence-electron chi connectivity index (χ1n) is 8.31. The molecule has 5 nitrogen and oxygen atoms in total. The first kappa shape index (κ1) is 16.3. The fourth-order valence-electron chi connectivity index (χ4n) is 3.45. The van der Waals surface area contributed by atoms with Gasteiger partial charge in [-0.25, -0.2) is 4.79 Å². The van der Waals surface area contributed by atoms with Crippen LogP contribution in [0.4, 0.5) is 4.79 Å². The minimum absolute atomic E-state index is 0.0129. The summed E-state index contributed by atoms with van der Waals surface area (Å²) >= 11 is 0. The van der Waals surface area contributed by atoms with E-state index in [4.69, 9.17) is 9.47 Å². The molecule has 126 valence electrons. The molecule has 3 atom stereocenters. The molecule has 2 aliphatic rings. The van der Waals surface area contributed by atoms with Crippen molar-refractivity contribution in [1.82, 2.24) is 10.2 Å². The first-order valence-corrected chi connectivity index (χ1v) is 8.31. The van der Waals surface area contributed by atoms with E-state index >= 15 is 0 Å². The molecule has 0 saturated carbocycles. The lowest BCUT2D eigenvalue weighted by molar-refractivity contribution is 0.0409. The van der Waals surface area contributed by atoms with Gasteiger partial charge >= 0.3 is 6.09 Å². The predicted octanol–water partition coefficient (Wildman–Crippen LogP) is 2.55. The number of hydrogen-bond acceptors (Lipinski definition) is 4. The topological polar surface area (TPSA) is 50.8 Å². The van der Waals surface area contributed by atoms with Gasteiger partial charge in [0.2, 0.25) is 0 Å². The number of amides is 1. The lowest BCUT2D eigenvalue weighted by Gasteiger charge is -2.23. The van der Waals surface area contributed by atoms with Crippen molar-refractivity contribution in [1.29, 1.82) is 0 Å². The van der Waals surface area contributed by atoms with Crippen LogP contribution in [0.3, 0.4) is 0 Å². The van der Waals surface area contributed by atoms with Crippen LogP contribution < -0.4 is 5.32 Å². The number of rotatable bonds is 3. The van der Waals surface area contributed by atoms with Gasteiger partial charge in [-0.2, -0.15) is 0 Å². The smallest absolute Gasteiger partial charge is 0.408 e. The first-order chi connectivity index (χ1) is 10.9. The lowest BCUT2D eigenvalue weighted by Crippen LogP contribution is -2.45. The molecule has 0 aromatic heterocycles. The number of alkyl carbamates (subject to hydrolysis) is 1. The summed E-state index contributed by atoms with van der Waals surface area (Å²) in [4.78, 5) is 14.5. The van der Waals surface area contributed by atoms with Crippen molar-refractivity contribution in [2.45, 2.75) is 57.5 Å². The summed E-state index contributed by atoms with van der Waals surface area (Å²) in [6, 6.07) is 10.8. The highest BCUT2D eigenvalue weighted by molar-refractivity contribution is 5.68. The Balaban J connectivity index is 1.63. The summed E-state index contributed by atoms with van der Waals surface area (Å²) in [5.41, 5.74) is 0.804. The highest BCUT2D eigenvalue weighted by atomic mass is 16.6. The van der Waals surface area contributed by atoms with E-state index in [0.29, 0.717) is 6.04 Å². The number of nitrogens with one attached hydrogen (secondary N) is 1. The van der Waals surface area contributed by atoms with Crippen molar-refractivity contribution >= 4 is 6.09 Å². The van der Waals surface area contributed by atoms with Gasteiger partial charge in [0.05, 0.1) is 12.1 Å². The molecule has 0 bridgehead atoms. The summed E-state index contributed by atoms with van der Waals surface area (Å²) in [6.45, 7) is 8.06. The predicted molar refractivity (Wildman–Crippen MR) is 88.2 cm³/mol. The van der Waals surface area contributed by atoms with Gasteiger partial charge in [0, 0.05) is 25.7 Å². The molecule has 1 N–H and O–H groups in total. The second-order valence-electron chi connectivity index (χ2n) is 7.36. The Hall–Kier alpha value is -1.59. The quantitative estimate of drug-likeness (QED) is 0.930. The Morgan fingerprint density at radius 3 is 2.78 bits per heavy atom. The summed E-state index contributed by atoms with van der Waals surface area (Å²) in [5.74, 6) is 0. The molecule has 1 aromatic rings. The van der Waals surface area contributed by atoms with E-state index in [2.05, 4.69) is 34.5 Å². The second kappa shape index (κ2) is 6.49. The third-order valence-corrected chi connectivity index (χ3v) is 4.33. The SMILES string of the molecule is CC(C)(C)OC(=O)N[C@H]1CN(Cc2ccccc2)C2CCOC21. The number of likely N-dealkylation sites (tertiary alicyclic amines) is 1. The Kier molecular flexibility index (Phi) is 4.60. The van der Waals surface area contributed by atoms with Crippen LogP contribution >= 0.6 is 0 Å². The van der Waals surface area contributed by atoms with Gasteiger partial charge in [0.25, 0.3) is 0 Å². The van der Waals surface area contributed by atoms with Gasteiger partial charge in [-0.3, -0.25) is 4.90 Å². The Labute approximate surface area is 137 Å². The Bertz CT molecular complexity index is 541. The van der Waals surface area contributed by atoms with Crippen LogP contribution in [0, 0.1) is 0 Å². The molecule has 2 saturated heterocycles. The maximum absolute atomic E-state index is 12.1. The van der Waals surface area contributed by atoms with Crippen molar-refractivity contribution < 1.29 is 14.3 Å². The highest BCUT2D eigenvalue weighted by Gasteiger charge is 2.46. The lowest BCUT2D eigenvalue weighted by atomic mass is 10.1. The maximum atomic E-state index is 12.1. The molecule has 1 aromatic carbocycles. The van der Waals surface area contributed by atoms with E-state index in [9.17, 15) is 4.79 Å². The number of carbonyl (C=O) groups is 1. The van der Waals surface area contributed by atoms with E-state index in [1.54, 1.807) is 0 Å². The van der Waals surface area contributed by atoms with Crippen molar-refractivity contribution in [3.05, 3.63) is 35.9 Å². The summed E-state index contributed by atoms with van der Waals surface area (Å²) in [5, 5.41) is 2.99. The molecule has 2 unspecified atom stereocenters. The van der Waals surface area contributed by atoms with E-state index in [1.807, 2.05) is 26.8 Å². The van der Waals surface area contributed by atoms with Crippen molar-refractivity contribution in [3.63, 3.8) is 0 Å². The molecule has 5 heteroatoms. The molecule has 23 heavy (non-hydrogen) atoms. The molecule has 0 aliphatic carbocycles. The minimum Gasteiger partial charge on any atom is -0.444 e. The number of nitrogens with zero attached hydrogens (tertiary/aromatic N) is 1. The molecule has 2 heterocycles. The highest BCUT2D eigenvalue weighted by Crippen LogP contribution is 2.30. The van der Waals surface area contributed by atoms with Gasteiger partial charge in [-0.1, -0.05) is 30.3 Å². The van der Waals surface area contributed by atoms with Crippen LogP contribution in [0.5, 0.6) is 0 Å². The fourth-order valence-corrected chi connectivity index (χ4v) is 3.45. The van der Waals surface area contributed by atoms with Gasteiger partial charge < -0.3 is 14.8 Å². The molecule has 0 radical (unpaired) electrons. The molecular weight excluding hydrogens is 292 g/mol. The van der Waals surface area contributed by atoms with Gasteiger partial charge in [-0.15, -0.1) is 0 Å². The third kappa shape index (κ3) is 4.03. The summed E-state index contributed by atoms with van der Waals surface area (Å²) in [6.07, 6.45) is 0.717. The Morgan fingerprint density at radius 2 is 2.09 bits per heavy atom. The monoisotopic (exact) mass is 318 g/mol. The van der Waals surface area contributed by atoms with E-state index in [0.717, 1.165) is 26.1 Å². The van der Waals surface area contributed by atoms with Crippen LogP contribution in [-0.2, 0) is 16.0 Å².